The maximum Gasteiger partial charge on any atom is 0.326 e. The molecule has 1 aromatic rings. The van der Waals surface area contributed by atoms with Gasteiger partial charge in [-0.1, -0.05) is 19.4 Å². The van der Waals surface area contributed by atoms with Gasteiger partial charge < -0.3 is 15.7 Å². The minimum absolute atomic E-state index is 0.424. The molecule has 1 rings (SSSR count). The summed E-state index contributed by atoms with van der Waals surface area (Å²) in [5.41, 5.74) is 0. The van der Waals surface area contributed by atoms with Gasteiger partial charge in [-0.15, -0.1) is 11.3 Å². The molecule has 6 heteroatoms. The molecule has 1 atom stereocenters. The van der Waals surface area contributed by atoms with Crippen molar-refractivity contribution in [3.05, 3.63) is 22.4 Å². The van der Waals surface area contributed by atoms with Crippen molar-refractivity contribution in [2.75, 3.05) is 6.54 Å². The lowest BCUT2D eigenvalue weighted by Gasteiger charge is -2.14. The van der Waals surface area contributed by atoms with Crippen molar-refractivity contribution >= 4 is 23.3 Å². The zero-order chi connectivity index (χ0) is 13.4. The molecule has 0 aliphatic heterocycles. The molecule has 0 aliphatic carbocycles. The normalized spacial score (nSPS) is 11.8. The van der Waals surface area contributed by atoms with E-state index in [2.05, 4.69) is 10.6 Å². The number of urea groups is 1. The Bertz CT molecular complexity index is 379. The maximum absolute atomic E-state index is 11.5. The van der Waals surface area contributed by atoms with E-state index in [0.29, 0.717) is 19.4 Å². The third-order valence-electron chi connectivity index (χ3n) is 2.42. The van der Waals surface area contributed by atoms with Crippen LogP contribution in [0, 0.1) is 0 Å². The Balaban J connectivity index is 2.25. The highest BCUT2D eigenvalue weighted by atomic mass is 32.1. The van der Waals surface area contributed by atoms with Crippen LogP contribution in [-0.4, -0.2) is 29.7 Å². The largest absolute Gasteiger partial charge is 0.480 e. The molecule has 2 amide bonds. The Morgan fingerprint density at radius 2 is 2.28 bits per heavy atom. The summed E-state index contributed by atoms with van der Waals surface area (Å²) in [5, 5.41) is 16.0. The van der Waals surface area contributed by atoms with E-state index in [0.717, 1.165) is 6.42 Å². The molecule has 0 saturated carbocycles. The van der Waals surface area contributed by atoms with Crippen molar-refractivity contribution in [2.24, 2.45) is 0 Å². The fourth-order valence-corrected chi connectivity index (χ4v) is 2.22. The first kappa shape index (κ1) is 14.5. The smallest absolute Gasteiger partial charge is 0.326 e. The third-order valence-corrected chi connectivity index (χ3v) is 3.35. The second-order valence-electron chi connectivity index (χ2n) is 3.91. The highest BCUT2D eigenvalue weighted by Crippen LogP contribution is 2.07. The highest BCUT2D eigenvalue weighted by Gasteiger charge is 2.18. The number of hydrogen-bond acceptors (Lipinski definition) is 3. The average Bonchev–Trinajstić information content (AvgIpc) is 2.81. The summed E-state index contributed by atoms with van der Waals surface area (Å²) < 4.78 is 0. The van der Waals surface area contributed by atoms with Crippen LogP contribution in [0.2, 0.25) is 0 Å². The molecule has 1 unspecified atom stereocenters. The third kappa shape index (κ3) is 5.18. The van der Waals surface area contributed by atoms with Crippen LogP contribution >= 0.6 is 11.3 Å². The van der Waals surface area contributed by atoms with Crippen LogP contribution in [0.25, 0.3) is 0 Å². The molecule has 0 saturated heterocycles. The number of carboxylic acids is 1. The topological polar surface area (TPSA) is 78.4 Å². The summed E-state index contributed by atoms with van der Waals surface area (Å²) in [6.07, 6.45) is 1.91. The number of thiophene rings is 1. The lowest BCUT2D eigenvalue weighted by molar-refractivity contribution is -0.139. The van der Waals surface area contributed by atoms with Gasteiger partial charge >= 0.3 is 12.0 Å². The van der Waals surface area contributed by atoms with Crippen LogP contribution in [0.4, 0.5) is 4.79 Å². The van der Waals surface area contributed by atoms with Gasteiger partial charge in [0, 0.05) is 11.4 Å². The van der Waals surface area contributed by atoms with Crippen molar-refractivity contribution in [3.8, 4) is 0 Å². The Kier molecular flexibility index (Phi) is 6.21. The summed E-state index contributed by atoms with van der Waals surface area (Å²) in [5.74, 6) is -0.995. The van der Waals surface area contributed by atoms with Crippen LogP contribution < -0.4 is 10.6 Å². The van der Waals surface area contributed by atoms with Gasteiger partial charge in [-0.3, -0.25) is 0 Å². The van der Waals surface area contributed by atoms with Crippen molar-refractivity contribution in [3.63, 3.8) is 0 Å². The Morgan fingerprint density at radius 3 is 2.83 bits per heavy atom. The maximum atomic E-state index is 11.5. The van der Waals surface area contributed by atoms with Gasteiger partial charge in [-0.25, -0.2) is 9.59 Å². The average molecular weight is 270 g/mol. The number of aliphatic carboxylic acids is 1. The second-order valence-corrected chi connectivity index (χ2v) is 4.94. The number of carboxylic acid groups (broad SMARTS) is 1. The summed E-state index contributed by atoms with van der Waals surface area (Å²) in [7, 11) is 0. The van der Waals surface area contributed by atoms with E-state index in [4.69, 9.17) is 5.11 Å². The van der Waals surface area contributed by atoms with E-state index in [-0.39, 0.29) is 0 Å². The fraction of sp³-hybridized carbons (Fsp3) is 0.500. The molecule has 18 heavy (non-hydrogen) atoms. The number of amides is 2. The van der Waals surface area contributed by atoms with E-state index in [1.54, 1.807) is 11.3 Å². The van der Waals surface area contributed by atoms with Gasteiger partial charge in [0.05, 0.1) is 0 Å². The zero-order valence-electron chi connectivity index (χ0n) is 10.3. The summed E-state index contributed by atoms with van der Waals surface area (Å²) in [4.78, 5) is 23.5. The number of nitrogens with one attached hydrogen (secondary N) is 2. The van der Waals surface area contributed by atoms with Gasteiger partial charge in [0.2, 0.25) is 0 Å². The summed E-state index contributed by atoms with van der Waals surface area (Å²) in [6, 6.07) is 2.73. The standard InChI is InChI=1S/C12H18N2O3S/c1-2-4-10(11(15)16)14-12(17)13-7-6-9-5-3-8-18-9/h3,5,8,10H,2,4,6-7H2,1H3,(H,15,16)(H2,13,14,17). The van der Waals surface area contributed by atoms with Crippen LogP contribution in [0.3, 0.4) is 0 Å². The molecule has 3 N–H and O–H groups in total. The predicted molar refractivity (Wildman–Crippen MR) is 70.9 cm³/mol. The van der Waals surface area contributed by atoms with Gasteiger partial charge in [0.25, 0.3) is 0 Å². The summed E-state index contributed by atoms with van der Waals surface area (Å²) in [6.45, 7) is 2.39. The number of carbonyl (C=O) groups excluding carboxylic acids is 1. The first-order chi connectivity index (χ1) is 8.63. The Labute approximate surface area is 110 Å². The molecule has 100 valence electrons. The van der Waals surface area contributed by atoms with Gasteiger partial charge in [0.15, 0.2) is 0 Å². The molecule has 0 aliphatic rings. The molecule has 1 aromatic heterocycles. The van der Waals surface area contributed by atoms with Crippen LogP contribution in [0.1, 0.15) is 24.6 Å². The zero-order valence-corrected chi connectivity index (χ0v) is 11.1. The van der Waals surface area contributed by atoms with E-state index in [1.165, 1.54) is 4.88 Å². The van der Waals surface area contributed by atoms with E-state index in [1.807, 2.05) is 24.4 Å². The van der Waals surface area contributed by atoms with E-state index >= 15 is 0 Å². The van der Waals surface area contributed by atoms with Gasteiger partial charge in [-0.05, 0) is 24.3 Å². The van der Waals surface area contributed by atoms with E-state index < -0.39 is 18.0 Å². The summed E-state index contributed by atoms with van der Waals surface area (Å²) >= 11 is 1.64. The van der Waals surface area contributed by atoms with Crippen molar-refractivity contribution in [1.82, 2.24) is 10.6 Å². The van der Waals surface area contributed by atoms with Crippen LogP contribution in [0.15, 0.2) is 17.5 Å². The molecule has 0 spiro atoms. The molecular weight excluding hydrogens is 252 g/mol. The van der Waals surface area contributed by atoms with Gasteiger partial charge in [0.1, 0.15) is 6.04 Å². The fourth-order valence-electron chi connectivity index (χ4n) is 1.51. The predicted octanol–water partition coefficient (Wildman–Crippen LogP) is 1.84. The molecule has 1 heterocycles. The number of carbonyl (C=O) groups is 2. The molecule has 0 fully saturated rings. The lowest BCUT2D eigenvalue weighted by atomic mass is 10.2. The molecule has 0 bridgehead atoms. The van der Waals surface area contributed by atoms with Crippen molar-refractivity contribution in [2.45, 2.75) is 32.2 Å². The Hall–Kier alpha value is -1.56. The van der Waals surface area contributed by atoms with Crippen LogP contribution in [-0.2, 0) is 11.2 Å². The minimum atomic E-state index is -0.995. The van der Waals surface area contributed by atoms with Gasteiger partial charge in [-0.2, -0.15) is 0 Å². The van der Waals surface area contributed by atoms with Crippen LogP contribution in [0.5, 0.6) is 0 Å². The first-order valence-corrected chi connectivity index (χ1v) is 6.81. The molecule has 0 radical (unpaired) electrons. The number of rotatable bonds is 7. The molecule has 5 nitrogen and oxygen atoms in total. The lowest BCUT2D eigenvalue weighted by Crippen LogP contribution is -2.46. The monoisotopic (exact) mass is 270 g/mol. The van der Waals surface area contributed by atoms with E-state index in [9.17, 15) is 9.59 Å². The second kappa shape index (κ2) is 7.71. The van der Waals surface area contributed by atoms with Crippen molar-refractivity contribution < 1.29 is 14.7 Å². The quantitative estimate of drug-likeness (QED) is 0.707. The number of hydrogen-bond donors (Lipinski definition) is 3. The molecule has 0 aromatic carbocycles. The molecular formula is C12H18N2O3S. The Morgan fingerprint density at radius 1 is 1.50 bits per heavy atom. The van der Waals surface area contributed by atoms with Crippen molar-refractivity contribution in [1.29, 1.82) is 0 Å². The first-order valence-electron chi connectivity index (χ1n) is 5.93. The minimum Gasteiger partial charge on any atom is -0.480 e. The SMILES string of the molecule is CCCC(NC(=O)NCCc1cccs1)C(=O)O. The highest BCUT2D eigenvalue weighted by molar-refractivity contribution is 7.09.